The minimum atomic E-state index is -0.579. The number of nitrogens with zero attached hydrogens (tertiary/aromatic N) is 1. The van der Waals surface area contributed by atoms with Crippen molar-refractivity contribution in [3.63, 3.8) is 0 Å². The van der Waals surface area contributed by atoms with Crippen LogP contribution in [0.15, 0.2) is 0 Å². The summed E-state index contributed by atoms with van der Waals surface area (Å²) in [5.41, 5.74) is 0. The van der Waals surface area contributed by atoms with Crippen LogP contribution in [0, 0.1) is 23.2 Å². The lowest BCUT2D eigenvalue weighted by atomic mass is 9.99. The van der Waals surface area contributed by atoms with E-state index < -0.39 is 5.92 Å². The van der Waals surface area contributed by atoms with Crippen LogP contribution in [0.3, 0.4) is 0 Å². The number of carbonyl (C=O) groups is 1. The molecule has 2 unspecified atom stereocenters. The third-order valence-electron chi connectivity index (χ3n) is 2.45. The first-order valence-corrected chi connectivity index (χ1v) is 5.37. The van der Waals surface area contributed by atoms with Crippen LogP contribution < -0.4 is 5.32 Å². The Balaban J connectivity index is 4.28. The molecule has 86 valence electrons. The zero-order chi connectivity index (χ0) is 11.8. The molecule has 2 atom stereocenters. The number of nitriles is 1. The Bertz CT molecular complexity index is 233. The van der Waals surface area contributed by atoms with Crippen LogP contribution in [0.4, 0.5) is 0 Å². The highest BCUT2D eigenvalue weighted by Crippen LogP contribution is 2.08. The SMILES string of the molecule is CCC(C#N)C(=O)NC(CCO)C(C)C. The molecule has 0 spiro atoms. The number of rotatable bonds is 6. The smallest absolute Gasteiger partial charge is 0.237 e. The topological polar surface area (TPSA) is 73.1 Å². The number of hydrogen-bond donors (Lipinski definition) is 2. The van der Waals surface area contributed by atoms with Crippen molar-refractivity contribution in [2.24, 2.45) is 11.8 Å². The summed E-state index contributed by atoms with van der Waals surface area (Å²) < 4.78 is 0. The van der Waals surface area contributed by atoms with Gasteiger partial charge in [-0.1, -0.05) is 20.8 Å². The van der Waals surface area contributed by atoms with E-state index in [1.807, 2.05) is 26.8 Å². The molecule has 4 heteroatoms. The second-order valence-corrected chi connectivity index (χ2v) is 3.96. The van der Waals surface area contributed by atoms with E-state index >= 15 is 0 Å². The molecular weight excluding hydrogens is 192 g/mol. The molecule has 0 aromatic rings. The zero-order valence-corrected chi connectivity index (χ0v) is 9.66. The van der Waals surface area contributed by atoms with Gasteiger partial charge in [0.15, 0.2) is 0 Å². The van der Waals surface area contributed by atoms with Crippen LogP contribution in [0.1, 0.15) is 33.6 Å². The summed E-state index contributed by atoms with van der Waals surface area (Å²) in [4.78, 5) is 11.6. The molecular formula is C11H20N2O2. The maximum absolute atomic E-state index is 11.6. The fourth-order valence-electron chi connectivity index (χ4n) is 1.33. The van der Waals surface area contributed by atoms with Gasteiger partial charge in [0.25, 0.3) is 0 Å². The van der Waals surface area contributed by atoms with Gasteiger partial charge in [-0.2, -0.15) is 5.26 Å². The third kappa shape index (κ3) is 4.80. The molecule has 4 nitrogen and oxygen atoms in total. The number of hydrogen-bond acceptors (Lipinski definition) is 3. The first-order valence-electron chi connectivity index (χ1n) is 5.37. The first-order chi connectivity index (χ1) is 7.06. The van der Waals surface area contributed by atoms with Gasteiger partial charge in [0.2, 0.25) is 5.91 Å². The molecule has 0 aliphatic heterocycles. The van der Waals surface area contributed by atoms with Crippen molar-refractivity contribution < 1.29 is 9.90 Å². The van der Waals surface area contributed by atoms with Crippen LogP contribution in [-0.4, -0.2) is 23.7 Å². The summed E-state index contributed by atoms with van der Waals surface area (Å²) in [5, 5.41) is 20.4. The molecule has 0 saturated carbocycles. The van der Waals surface area contributed by atoms with Gasteiger partial charge < -0.3 is 10.4 Å². The summed E-state index contributed by atoms with van der Waals surface area (Å²) in [5.74, 6) is -0.547. The molecule has 0 radical (unpaired) electrons. The van der Waals surface area contributed by atoms with Crippen LogP contribution in [0.25, 0.3) is 0 Å². The Labute approximate surface area is 91.3 Å². The maximum Gasteiger partial charge on any atom is 0.237 e. The second kappa shape index (κ2) is 7.24. The lowest BCUT2D eigenvalue weighted by molar-refractivity contribution is -0.124. The van der Waals surface area contributed by atoms with Crippen molar-refractivity contribution in [3.8, 4) is 6.07 Å². The number of nitrogens with one attached hydrogen (secondary N) is 1. The van der Waals surface area contributed by atoms with Crippen molar-refractivity contribution in [2.75, 3.05) is 6.61 Å². The van der Waals surface area contributed by atoms with Crippen molar-refractivity contribution in [1.82, 2.24) is 5.32 Å². The van der Waals surface area contributed by atoms with E-state index in [0.29, 0.717) is 12.8 Å². The van der Waals surface area contributed by atoms with Crippen LogP contribution in [-0.2, 0) is 4.79 Å². The normalized spacial score (nSPS) is 14.4. The molecule has 0 aliphatic rings. The molecule has 2 N–H and O–H groups in total. The fourth-order valence-corrected chi connectivity index (χ4v) is 1.33. The minimum absolute atomic E-state index is 0.0481. The number of carbonyl (C=O) groups excluding carboxylic acids is 1. The molecule has 0 heterocycles. The van der Waals surface area contributed by atoms with Crippen molar-refractivity contribution >= 4 is 5.91 Å². The highest BCUT2D eigenvalue weighted by atomic mass is 16.3. The van der Waals surface area contributed by atoms with Crippen molar-refractivity contribution in [3.05, 3.63) is 0 Å². The summed E-state index contributed by atoms with van der Waals surface area (Å²) in [6.07, 6.45) is 1.05. The van der Waals surface area contributed by atoms with E-state index in [-0.39, 0.29) is 24.5 Å². The highest BCUT2D eigenvalue weighted by Gasteiger charge is 2.20. The van der Waals surface area contributed by atoms with Gasteiger partial charge in [-0.05, 0) is 18.8 Å². The zero-order valence-electron chi connectivity index (χ0n) is 9.66. The molecule has 0 aliphatic carbocycles. The van der Waals surface area contributed by atoms with Crippen LogP contribution >= 0.6 is 0 Å². The number of amides is 1. The summed E-state index contributed by atoms with van der Waals surface area (Å²) >= 11 is 0. The van der Waals surface area contributed by atoms with Crippen molar-refractivity contribution in [2.45, 2.75) is 39.7 Å². The lowest BCUT2D eigenvalue weighted by Gasteiger charge is -2.22. The highest BCUT2D eigenvalue weighted by molar-refractivity contribution is 5.81. The molecule has 0 rings (SSSR count). The first kappa shape index (κ1) is 13.9. The molecule has 0 saturated heterocycles. The van der Waals surface area contributed by atoms with Gasteiger partial charge in [-0.15, -0.1) is 0 Å². The van der Waals surface area contributed by atoms with E-state index in [9.17, 15) is 4.79 Å². The predicted molar refractivity (Wildman–Crippen MR) is 57.9 cm³/mol. The minimum Gasteiger partial charge on any atom is -0.396 e. The van der Waals surface area contributed by atoms with E-state index in [1.165, 1.54) is 0 Å². The monoisotopic (exact) mass is 212 g/mol. The van der Waals surface area contributed by atoms with E-state index in [2.05, 4.69) is 5.32 Å². The van der Waals surface area contributed by atoms with E-state index in [4.69, 9.17) is 10.4 Å². The largest absolute Gasteiger partial charge is 0.396 e. The number of aliphatic hydroxyl groups excluding tert-OH is 1. The van der Waals surface area contributed by atoms with Gasteiger partial charge in [0, 0.05) is 12.6 Å². The summed E-state index contributed by atoms with van der Waals surface area (Å²) in [7, 11) is 0. The fraction of sp³-hybridized carbons (Fsp3) is 0.818. The van der Waals surface area contributed by atoms with Crippen LogP contribution in [0.2, 0.25) is 0 Å². The third-order valence-corrected chi connectivity index (χ3v) is 2.45. The Morgan fingerprint density at radius 3 is 2.47 bits per heavy atom. The molecule has 0 bridgehead atoms. The Morgan fingerprint density at radius 1 is 1.53 bits per heavy atom. The van der Waals surface area contributed by atoms with Gasteiger partial charge in [-0.3, -0.25) is 4.79 Å². The molecule has 0 fully saturated rings. The molecule has 1 amide bonds. The van der Waals surface area contributed by atoms with Gasteiger partial charge in [0.05, 0.1) is 6.07 Å². The lowest BCUT2D eigenvalue weighted by Crippen LogP contribution is -2.42. The predicted octanol–water partition coefficient (Wildman–Crippen LogP) is 1.06. The molecule has 15 heavy (non-hydrogen) atoms. The second-order valence-electron chi connectivity index (χ2n) is 3.96. The van der Waals surface area contributed by atoms with E-state index in [1.54, 1.807) is 0 Å². The van der Waals surface area contributed by atoms with Crippen molar-refractivity contribution in [1.29, 1.82) is 5.26 Å². The molecule has 0 aromatic heterocycles. The quantitative estimate of drug-likeness (QED) is 0.691. The van der Waals surface area contributed by atoms with Gasteiger partial charge in [-0.25, -0.2) is 0 Å². The standard InChI is InChI=1S/C11H20N2O2/c1-4-9(7-12)11(15)13-10(5-6-14)8(2)3/h8-10,14H,4-6H2,1-3H3,(H,13,15). The number of aliphatic hydroxyl groups is 1. The average Bonchev–Trinajstić information content (AvgIpc) is 2.18. The van der Waals surface area contributed by atoms with Crippen LogP contribution in [0.5, 0.6) is 0 Å². The Morgan fingerprint density at radius 2 is 2.13 bits per heavy atom. The van der Waals surface area contributed by atoms with Gasteiger partial charge in [0.1, 0.15) is 5.92 Å². The van der Waals surface area contributed by atoms with Gasteiger partial charge >= 0.3 is 0 Å². The Kier molecular flexibility index (Phi) is 6.72. The Hall–Kier alpha value is -1.08. The summed E-state index contributed by atoms with van der Waals surface area (Å²) in [6.45, 7) is 5.82. The maximum atomic E-state index is 11.6. The van der Waals surface area contributed by atoms with E-state index in [0.717, 1.165) is 0 Å². The average molecular weight is 212 g/mol. The summed E-state index contributed by atoms with van der Waals surface area (Å²) in [6, 6.07) is 1.91. The molecule has 0 aromatic carbocycles.